The molecule has 1 aromatic carbocycles. The third kappa shape index (κ3) is 1.96. The highest BCUT2D eigenvalue weighted by Gasteiger charge is 2.32. The maximum absolute atomic E-state index is 9.40. The zero-order chi connectivity index (χ0) is 11.6. The van der Waals surface area contributed by atoms with Crippen molar-refractivity contribution in [2.24, 2.45) is 0 Å². The van der Waals surface area contributed by atoms with Gasteiger partial charge in [-0.1, -0.05) is 41.4 Å². The van der Waals surface area contributed by atoms with E-state index in [1.165, 1.54) is 0 Å². The van der Waals surface area contributed by atoms with E-state index in [0.29, 0.717) is 10.0 Å². The van der Waals surface area contributed by atoms with E-state index in [-0.39, 0.29) is 0 Å². The molecule has 1 nitrogen and oxygen atoms in total. The third-order valence-corrected chi connectivity index (χ3v) is 3.80. The van der Waals surface area contributed by atoms with Crippen LogP contribution in [-0.4, -0.2) is 0 Å². The van der Waals surface area contributed by atoms with Crippen molar-refractivity contribution < 1.29 is 0 Å². The minimum absolute atomic E-state index is 0.428. The topological polar surface area (TPSA) is 23.8 Å². The number of hydrogen-bond acceptors (Lipinski definition) is 1. The van der Waals surface area contributed by atoms with Gasteiger partial charge in [0.15, 0.2) is 0 Å². The second-order valence-electron chi connectivity index (χ2n) is 4.04. The lowest BCUT2D eigenvalue weighted by Crippen LogP contribution is -2.25. The zero-order valence-corrected chi connectivity index (χ0v) is 10.2. The Labute approximate surface area is 105 Å². The Morgan fingerprint density at radius 2 is 2.00 bits per heavy atom. The fraction of sp³-hybridized carbons (Fsp3) is 0.308. The number of halogens is 2. The summed E-state index contributed by atoms with van der Waals surface area (Å²) in [5.41, 5.74) is 0.539. The van der Waals surface area contributed by atoms with Gasteiger partial charge in [-0.05, 0) is 37.0 Å². The predicted octanol–water partition coefficient (Wildman–Crippen LogP) is 4.49. The number of nitrogens with zero attached hydrogens (tertiary/aromatic N) is 1. The molecule has 1 aromatic rings. The summed E-state index contributed by atoms with van der Waals surface area (Å²) in [5.74, 6) is 0. The van der Waals surface area contributed by atoms with Crippen LogP contribution < -0.4 is 0 Å². The van der Waals surface area contributed by atoms with Gasteiger partial charge in [-0.15, -0.1) is 0 Å². The van der Waals surface area contributed by atoms with Crippen molar-refractivity contribution in [3.8, 4) is 6.07 Å². The van der Waals surface area contributed by atoms with Crippen molar-refractivity contribution in [1.82, 2.24) is 0 Å². The summed E-state index contributed by atoms with van der Waals surface area (Å²) >= 11 is 11.9. The average molecular weight is 252 g/mol. The predicted molar refractivity (Wildman–Crippen MR) is 66.7 cm³/mol. The molecule has 0 bridgehead atoms. The monoisotopic (exact) mass is 251 g/mol. The van der Waals surface area contributed by atoms with Gasteiger partial charge >= 0.3 is 0 Å². The molecule has 0 radical (unpaired) electrons. The van der Waals surface area contributed by atoms with E-state index in [1.807, 2.05) is 12.1 Å². The van der Waals surface area contributed by atoms with Crippen LogP contribution in [0.15, 0.2) is 30.4 Å². The van der Waals surface area contributed by atoms with Crippen LogP contribution in [-0.2, 0) is 5.41 Å². The average Bonchev–Trinajstić information content (AvgIpc) is 2.33. The van der Waals surface area contributed by atoms with Gasteiger partial charge in [0.05, 0.1) is 21.5 Å². The zero-order valence-electron chi connectivity index (χ0n) is 8.71. The van der Waals surface area contributed by atoms with Gasteiger partial charge in [-0.2, -0.15) is 5.26 Å². The van der Waals surface area contributed by atoms with E-state index in [9.17, 15) is 5.26 Å². The summed E-state index contributed by atoms with van der Waals surface area (Å²) in [6.45, 7) is 0. The van der Waals surface area contributed by atoms with Gasteiger partial charge in [-0.3, -0.25) is 0 Å². The molecule has 82 valence electrons. The third-order valence-electron chi connectivity index (χ3n) is 3.06. The van der Waals surface area contributed by atoms with Crippen LogP contribution in [0.5, 0.6) is 0 Å². The molecule has 3 heteroatoms. The largest absolute Gasteiger partial charge is 0.197 e. The standard InChI is InChI=1S/C13H11Cl2N/c14-11-5-4-10(8-12(11)15)13(9-16)6-2-1-3-7-13/h1-2,4-5,8H,3,6-7H2/t13-/m1/s1. The van der Waals surface area contributed by atoms with Gasteiger partial charge in [-0.25, -0.2) is 0 Å². The Morgan fingerprint density at radius 3 is 2.56 bits per heavy atom. The number of nitriles is 1. The maximum atomic E-state index is 9.40. The number of rotatable bonds is 1. The van der Waals surface area contributed by atoms with Gasteiger partial charge in [0, 0.05) is 0 Å². The first-order valence-electron chi connectivity index (χ1n) is 5.20. The molecular weight excluding hydrogens is 241 g/mol. The van der Waals surface area contributed by atoms with Crippen molar-refractivity contribution in [2.45, 2.75) is 24.7 Å². The minimum Gasteiger partial charge on any atom is -0.197 e. The molecule has 1 atom stereocenters. The summed E-state index contributed by atoms with van der Waals surface area (Å²) in [4.78, 5) is 0. The Balaban J connectivity index is 2.45. The first-order valence-corrected chi connectivity index (χ1v) is 5.95. The van der Waals surface area contributed by atoms with E-state index in [1.54, 1.807) is 6.07 Å². The fourth-order valence-corrected chi connectivity index (χ4v) is 2.35. The second-order valence-corrected chi connectivity index (χ2v) is 4.85. The molecule has 0 heterocycles. The highest BCUT2D eigenvalue weighted by molar-refractivity contribution is 6.42. The summed E-state index contributed by atoms with van der Waals surface area (Å²) in [7, 11) is 0. The van der Waals surface area contributed by atoms with E-state index in [0.717, 1.165) is 24.8 Å². The molecule has 0 saturated heterocycles. The molecule has 0 spiro atoms. The summed E-state index contributed by atoms with van der Waals surface area (Å²) < 4.78 is 0. The van der Waals surface area contributed by atoms with Gasteiger partial charge in [0.2, 0.25) is 0 Å². The Bertz CT molecular complexity index is 473. The van der Waals surface area contributed by atoms with Crippen LogP contribution in [0, 0.1) is 11.3 Å². The Morgan fingerprint density at radius 1 is 1.19 bits per heavy atom. The summed E-state index contributed by atoms with van der Waals surface area (Å²) in [5, 5.41) is 10.4. The lowest BCUT2D eigenvalue weighted by molar-refractivity contribution is 0.496. The van der Waals surface area contributed by atoms with E-state index < -0.39 is 5.41 Å². The molecule has 0 aromatic heterocycles. The van der Waals surface area contributed by atoms with Crippen molar-refractivity contribution in [3.05, 3.63) is 46.0 Å². The SMILES string of the molecule is N#C[C@@]1(c2ccc(Cl)c(Cl)c2)CC=CCC1. The maximum Gasteiger partial charge on any atom is 0.0860 e. The lowest BCUT2D eigenvalue weighted by atomic mass is 9.73. The molecule has 0 unspecified atom stereocenters. The number of benzene rings is 1. The van der Waals surface area contributed by atoms with Crippen LogP contribution in [0.4, 0.5) is 0 Å². The summed E-state index contributed by atoms with van der Waals surface area (Å²) in [6, 6.07) is 7.90. The second kappa shape index (κ2) is 4.49. The van der Waals surface area contributed by atoms with Gasteiger partial charge < -0.3 is 0 Å². The van der Waals surface area contributed by atoms with Crippen molar-refractivity contribution in [2.75, 3.05) is 0 Å². The van der Waals surface area contributed by atoms with Crippen LogP contribution in [0.3, 0.4) is 0 Å². The highest BCUT2D eigenvalue weighted by Crippen LogP contribution is 2.38. The molecule has 0 saturated carbocycles. The lowest BCUT2D eigenvalue weighted by Gasteiger charge is -2.28. The van der Waals surface area contributed by atoms with E-state index >= 15 is 0 Å². The quantitative estimate of drug-likeness (QED) is 0.675. The fourth-order valence-electron chi connectivity index (χ4n) is 2.06. The normalized spacial score (nSPS) is 24.1. The van der Waals surface area contributed by atoms with Gasteiger partial charge in [0.1, 0.15) is 0 Å². The summed E-state index contributed by atoms with van der Waals surface area (Å²) in [6.07, 6.45) is 6.72. The van der Waals surface area contributed by atoms with E-state index in [4.69, 9.17) is 23.2 Å². The highest BCUT2D eigenvalue weighted by atomic mass is 35.5. The molecular formula is C13H11Cl2N. The Hall–Kier alpha value is -0.970. The van der Waals surface area contributed by atoms with Crippen LogP contribution in [0.2, 0.25) is 10.0 Å². The number of hydrogen-bond donors (Lipinski definition) is 0. The molecule has 0 aliphatic heterocycles. The van der Waals surface area contributed by atoms with Crippen LogP contribution >= 0.6 is 23.2 Å². The molecule has 0 fully saturated rings. The van der Waals surface area contributed by atoms with Crippen molar-refractivity contribution >= 4 is 23.2 Å². The molecule has 2 rings (SSSR count). The molecule has 0 amide bonds. The minimum atomic E-state index is -0.428. The van der Waals surface area contributed by atoms with Crippen molar-refractivity contribution in [1.29, 1.82) is 5.26 Å². The smallest absolute Gasteiger partial charge is 0.0860 e. The van der Waals surface area contributed by atoms with Crippen LogP contribution in [0.25, 0.3) is 0 Å². The Kier molecular flexibility index (Phi) is 3.23. The molecule has 1 aliphatic carbocycles. The number of allylic oxidation sites excluding steroid dienone is 2. The molecule has 0 N–H and O–H groups in total. The van der Waals surface area contributed by atoms with Gasteiger partial charge in [0.25, 0.3) is 0 Å². The molecule has 16 heavy (non-hydrogen) atoms. The first-order chi connectivity index (χ1) is 7.68. The van der Waals surface area contributed by atoms with Crippen LogP contribution in [0.1, 0.15) is 24.8 Å². The first kappa shape index (κ1) is 11.5. The van der Waals surface area contributed by atoms with Crippen molar-refractivity contribution in [3.63, 3.8) is 0 Å². The van der Waals surface area contributed by atoms with E-state index in [2.05, 4.69) is 18.2 Å². The molecule has 1 aliphatic rings.